The number of nitrogens with two attached hydrogens (primary N) is 1. The molecule has 0 saturated heterocycles. The van der Waals surface area contributed by atoms with E-state index in [1.54, 1.807) is 0 Å². The molecular formula is C14H15FN2OS. The number of hydrogen-bond acceptors (Lipinski definition) is 2. The molecule has 3 rings (SSSR count). The summed E-state index contributed by atoms with van der Waals surface area (Å²) < 4.78 is 13.4. The maximum Gasteiger partial charge on any atom is 0.228 e. The maximum atomic E-state index is 13.4. The molecule has 1 amide bonds. The molecule has 2 aliphatic rings. The fourth-order valence-corrected chi connectivity index (χ4v) is 3.38. The van der Waals surface area contributed by atoms with Gasteiger partial charge >= 0.3 is 0 Å². The number of rotatable bonds is 3. The van der Waals surface area contributed by atoms with Gasteiger partial charge in [0.05, 0.1) is 0 Å². The highest BCUT2D eigenvalue weighted by molar-refractivity contribution is 7.80. The number of benzene rings is 1. The van der Waals surface area contributed by atoms with E-state index in [4.69, 9.17) is 18.0 Å². The minimum atomic E-state index is -0.464. The van der Waals surface area contributed by atoms with Crippen LogP contribution in [0, 0.1) is 23.6 Å². The van der Waals surface area contributed by atoms with Crippen molar-refractivity contribution in [2.24, 2.45) is 23.5 Å². The number of fused-ring (bicyclic) bond motifs is 1. The van der Waals surface area contributed by atoms with E-state index >= 15 is 0 Å². The Labute approximate surface area is 116 Å². The summed E-state index contributed by atoms with van der Waals surface area (Å²) in [6.45, 7) is 0. The largest absolute Gasteiger partial charge is 0.389 e. The topological polar surface area (TPSA) is 55.1 Å². The third-order valence-corrected chi connectivity index (χ3v) is 4.43. The first-order valence-corrected chi connectivity index (χ1v) is 6.89. The van der Waals surface area contributed by atoms with Crippen molar-refractivity contribution in [1.29, 1.82) is 0 Å². The monoisotopic (exact) mass is 278 g/mol. The van der Waals surface area contributed by atoms with Crippen LogP contribution in [0.2, 0.25) is 0 Å². The zero-order valence-electron chi connectivity index (χ0n) is 10.4. The smallest absolute Gasteiger partial charge is 0.228 e. The van der Waals surface area contributed by atoms with Gasteiger partial charge in [0, 0.05) is 17.2 Å². The number of amides is 1. The molecule has 2 fully saturated rings. The SMILES string of the molecule is NC(=S)c1cc(NC(=O)C2C3CCCC32)ccc1F. The molecule has 1 aromatic carbocycles. The van der Waals surface area contributed by atoms with Crippen LogP contribution in [0.1, 0.15) is 24.8 Å². The van der Waals surface area contributed by atoms with Crippen molar-refractivity contribution in [3.8, 4) is 0 Å². The van der Waals surface area contributed by atoms with Crippen LogP contribution < -0.4 is 11.1 Å². The fourth-order valence-electron chi connectivity index (χ4n) is 3.23. The second kappa shape index (κ2) is 4.56. The molecule has 0 spiro atoms. The Hall–Kier alpha value is -1.49. The number of carbonyl (C=O) groups excluding carboxylic acids is 1. The maximum absolute atomic E-state index is 13.4. The molecule has 3 N–H and O–H groups in total. The van der Waals surface area contributed by atoms with Gasteiger partial charge in [-0.25, -0.2) is 4.39 Å². The first kappa shape index (κ1) is 12.5. The molecule has 100 valence electrons. The zero-order valence-corrected chi connectivity index (χ0v) is 11.2. The molecule has 0 aliphatic heterocycles. The molecule has 0 bridgehead atoms. The minimum absolute atomic E-state index is 0.00288. The average Bonchev–Trinajstić information content (AvgIpc) is 2.85. The summed E-state index contributed by atoms with van der Waals surface area (Å²) in [5, 5.41) is 2.83. The summed E-state index contributed by atoms with van der Waals surface area (Å²) in [7, 11) is 0. The van der Waals surface area contributed by atoms with Crippen LogP contribution >= 0.6 is 12.2 Å². The first-order chi connectivity index (χ1) is 9.08. The second-order valence-electron chi connectivity index (χ2n) is 5.33. The van der Waals surface area contributed by atoms with Crippen LogP contribution in [-0.4, -0.2) is 10.9 Å². The van der Waals surface area contributed by atoms with E-state index in [-0.39, 0.29) is 22.4 Å². The lowest BCUT2D eigenvalue weighted by molar-refractivity contribution is -0.118. The molecule has 5 heteroatoms. The summed E-state index contributed by atoms with van der Waals surface area (Å²) in [6.07, 6.45) is 3.55. The van der Waals surface area contributed by atoms with Crippen LogP contribution in [0.5, 0.6) is 0 Å². The van der Waals surface area contributed by atoms with Gasteiger partial charge in [-0.2, -0.15) is 0 Å². The number of thiocarbonyl (C=S) groups is 1. The van der Waals surface area contributed by atoms with E-state index in [2.05, 4.69) is 5.32 Å². The molecule has 1 aromatic rings. The van der Waals surface area contributed by atoms with Crippen molar-refractivity contribution in [2.75, 3.05) is 5.32 Å². The van der Waals surface area contributed by atoms with Crippen molar-refractivity contribution >= 4 is 28.8 Å². The second-order valence-corrected chi connectivity index (χ2v) is 5.77. The van der Waals surface area contributed by atoms with Gasteiger partial charge in [-0.15, -0.1) is 0 Å². The minimum Gasteiger partial charge on any atom is -0.389 e. The molecule has 3 nitrogen and oxygen atoms in total. The number of halogens is 1. The van der Waals surface area contributed by atoms with Gasteiger partial charge < -0.3 is 11.1 Å². The predicted molar refractivity (Wildman–Crippen MR) is 75.2 cm³/mol. The fraction of sp³-hybridized carbons (Fsp3) is 0.429. The van der Waals surface area contributed by atoms with Crippen LogP contribution in [0.15, 0.2) is 18.2 Å². The van der Waals surface area contributed by atoms with E-state index in [9.17, 15) is 9.18 Å². The lowest BCUT2D eigenvalue weighted by atomic mass is 10.1. The van der Waals surface area contributed by atoms with Gasteiger partial charge in [0.1, 0.15) is 10.8 Å². The summed E-state index contributed by atoms with van der Waals surface area (Å²) in [5.41, 5.74) is 6.16. The number of nitrogens with one attached hydrogen (secondary N) is 1. The normalized spacial score (nSPS) is 27.7. The highest BCUT2D eigenvalue weighted by Gasteiger charge is 2.56. The van der Waals surface area contributed by atoms with Crippen molar-refractivity contribution in [1.82, 2.24) is 0 Å². The Morgan fingerprint density at radius 3 is 2.68 bits per heavy atom. The van der Waals surface area contributed by atoms with Crippen LogP contribution in [0.25, 0.3) is 0 Å². The number of carbonyl (C=O) groups is 1. The predicted octanol–water partition coefficient (Wildman–Crippen LogP) is 2.44. The van der Waals surface area contributed by atoms with E-state index in [1.807, 2.05) is 0 Å². The Morgan fingerprint density at radius 2 is 2.05 bits per heavy atom. The molecule has 2 aliphatic carbocycles. The molecule has 0 radical (unpaired) electrons. The van der Waals surface area contributed by atoms with Crippen molar-refractivity contribution in [3.63, 3.8) is 0 Å². The zero-order chi connectivity index (χ0) is 13.6. The Balaban J connectivity index is 1.71. The van der Waals surface area contributed by atoms with E-state index < -0.39 is 5.82 Å². The third-order valence-electron chi connectivity index (χ3n) is 4.21. The summed E-state index contributed by atoms with van der Waals surface area (Å²) >= 11 is 4.78. The molecule has 2 saturated carbocycles. The highest BCUT2D eigenvalue weighted by Crippen LogP contribution is 2.57. The summed E-state index contributed by atoms with van der Waals surface area (Å²) in [6, 6.07) is 4.30. The van der Waals surface area contributed by atoms with E-state index in [0.717, 1.165) is 12.8 Å². The quantitative estimate of drug-likeness (QED) is 0.835. The molecule has 2 atom stereocenters. The molecule has 2 unspecified atom stereocenters. The van der Waals surface area contributed by atoms with E-state index in [0.29, 0.717) is 17.5 Å². The van der Waals surface area contributed by atoms with Gasteiger partial charge in [-0.05, 0) is 42.9 Å². The van der Waals surface area contributed by atoms with Gasteiger partial charge in [-0.1, -0.05) is 18.6 Å². The average molecular weight is 278 g/mol. The Morgan fingerprint density at radius 1 is 1.37 bits per heavy atom. The van der Waals surface area contributed by atoms with Crippen molar-refractivity contribution < 1.29 is 9.18 Å². The van der Waals surface area contributed by atoms with Gasteiger partial charge in [0.25, 0.3) is 0 Å². The molecular weight excluding hydrogens is 263 g/mol. The van der Waals surface area contributed by atoms with Crippen molar-refractivity contribution in [3.05, 3.63) is 29.6 Å². The van der Waals surface area contributed by atoms with E-state index in [1.165, 1.54) is 24.6 Å². The van der Waals surface area contributed by atoms with Gasteiger partial charge in [0.2, 0.25) is 5.91 Å². The Kier molecular flexibility index (Phi) is 3.01. The summed E-state index contributed by atoms with van der Waals surface area (Å²) in [4.78, 5) is 12.1. The number of anilines is 1. The molecule has 19 heavy (non-hydrogen) atoms. The lowest BCUT2D eigenvalue weighted by Crippen LogP contribution is -2.18. The molecule has 0 heterocycles. The van der Waals surface area contributed by atoms with Crippen LogP contribution in [0.3, 0.4) is 0 Å². The third kappa shape index (κ3) is 2.23. The first-order valence-electron chi connectivity index (χ1n) is 6.48. The number of hydrogen-bond donors (Lipinski definition) is 2. The standard InChI is InChI=1S/C14H15FN2OS/c15-11-5-4-7(6-10(11)13(16)19)17-14(18)12-8-2-1-3-9(8)12/h4-6,8-9,12H,1-3H2,(H2,16,19)(H,17,18). The van der Waals surface area contributed by atoms with Gasteiger partial charge in [0.15, 0.2) is 0 Å². The van der Waals surface area contributed by atoms with Crippen molar-refractivity contribution in [2.45, 2.75) is 19.3 Å². The Bertz CT molecular complexity index is 550. The van der Waals surface area contributed by atoms with Crippen LogP contribution in [0.4, 0.5) is 10.1 Å². The molecule has 0 aromatic heterocycles. The van der Waals surface area contributed by atoms with Crippen LogP contribution in [-0.2, 0) is 4.79 Å². The highest BCUT2D eigenvalue weighted by atomic mass is 32.1. The lowest BCUT2D eigenvalue weighted by Gasteiger charge is -2.08. The van der Waals surface area contributed by atoms with Gasteiger partial charge in [-0.3, -0.25) is 4.79 Å². The summed E-state index contributed by atoms with van der Waals surface area (Å²) in [5.74, 6) is 0.849.